The third kappa shape index (κ3) is 3.48. The molecule has 2 aromatic rings. The number of anilines is 1. The molecule has 0 aliphatic carbocycles. The van der Waals surface area contributed by atoms with Crippen molar-refractivity contribution in [3.05, 3.63) is 66.2 Å². The van der Waals surface area contributed by atoms with E-state index in [9.17, 15) is 20.2 Å². The maximum absolute atomic E-state index is 11.2. The van der Waals surface area contributed by atoms with E-state index in [0.29, 0.717) is 17.3 Å². The van der Waals surface area contributed by atoms with Gasteiger partial charge < -0.3 is 5.32 Å². The van der Waals surface area contributed by atoms with Crippen molar-refractivity contribution in [2.75, 3.05) is 11.9 Å². The summed E-state index contributed by atoms with van der Waals surface area (Å²) < 4.78 is 0. The first-order valence-electron chi connectivity index (χ1n) is 7.14. The molecule has 2 aromatic carbocycles. The number of nitrogens with one attached hydrogen (secondary N) is 1. The normalized spacial score (nSPS) is 13.1. The van der Waals surface area contributed by atoms with Gasteiger partial charge in [-0.15, -0.1) is 10.2 Å². The van der Waals surface area contributed by atoms with Crippen LogP contribution in [0.4, 0.5) is 28.4 Å². The van der Waals surface area contributed by atoms with Gasteiger partial charge in [-0.05, 0) is 18.2 Å². The molecule has 1 heterocycles. The second-order valence-corrected chi connectivity index (χ2v) is 6.08. The van der Waals surface area contributed by atoms with Crippen molar-refractivity contribution < 1.29 is 9.85 Å². The van der Waals surface area contributed by atoms with Crippen molar-refractivity contribution in [1.82, 2.24) is 0 Å². The molecule has 11 heteroatoms. The van der Waals surface area contributed by atoms with Crippen molar-refractivity contribution in [1.29, 1.82) is 0 Å². The predicted molar refractivity (Wildman–Crippen MR) is 97.7 cm³/mol. The number of benzene rings is 2. The van der Waals surface area contributed by atoms with Gasteiger partial charge in [0, 0.05) is 16.7 Å². The Morgan fingerprint density at radius 1 is 1.04 bits per heavy atom. The maximum Gasteiger partial charge on any atom is 0.303 e. The lowest BCUT2D eigenvalue weighted by atomic mass is 10.1. The van der Waals surface area contributed by atoms with Gasteiger partial charge in [0.2, 0.25) is 0 Å². The number of azo groups is 1. The maximum atomic E-state index is 11.2. The monoisotopic (exact) mass is 393 g/mol. The van der Waals surface area contributed by atoms with E-state index in [0.717, 1.165) is 23.8 Å². The van der Waals surface area contributed by atoms with Crippen LogP contribution in [-0.4, -0.2) is 16.4 Å². The molecule has 0 spiro atoms. The third-order valence-corrected chi connectivity index (χ3v) is 4.08. The van der Waals surface area contributed by atoms with Crippen molar-refractivity contribution in [2.45, 2.75) is 0 Å². The highest BCUT2D eigenvalue weighted by atomic mass is 35.5. The quantitative estimate of drug-likeness (QED) is 0.412. The minimum absolute atomic E-state index is 0.126. The number of fused-ring (bicyclic) bond motifs is 1. The Bertz CT molecular complexity index is 990. The first-order chi connectivity index (χ1) is 12.4. The molecule has 26 heavy (non-hydrogen) atoms. The number of non-ortho nitro benzene ring substituents is 1. The molecule has 1 N–H and O–H groups in total. The molecule has 0 bridgehead atoms. The average molecular weight is 394 g/mol. The van der Waals surface area contributed by atoms with E-state index >= 15 is 0 Å². The molecule has 132 valence electrons. The summed E-state index contributed by atoms with van der Waals surface area (Å²) in [5, 5.41) is 33.8. The predicted octanol–water partition coefficient (Wildman–Crippen LogP) is 5.58. The standard InChI is InChI=1S/C15H9Cl2N5O4/c16-9-5-8-1-3-11(17)15(14(8)18-7-9)20-19-12-4-2-10(21(23)24)6-13(12)22(25)26/h1-6,18H,7H2. The van der Waals surface area contributed by atoms with Gasteiger partial charge in [-0.1, -0.05) is 29.3 Å². The van der Waals surface area contributed by atoms with Crippen molar-refractivity contribution in [3.63, 3.8) is 0 Å². The first-order valence-corrected chi connectivity index (χ1v) is 7.89. The van der Waals surface area contributed by atoms with Crippen LogP contribution in [0.5, 0.6) is 0 Å². The summed E-state index contributed by atoms with van der Waals surface area (Å²) >= 11 is 12.1. The number of hydrogen-bond donors (Lipinski definition) is 1. The molecular formula is C15H9Cl2N5O4. The van der Waals surface area contributed by atoms with E-state index in [1.807, 2.05) is 0 Å². The Morgan fingerprint density at radius 2 is 1.81 bits per heavy atom. The van der Waals surface area contributed by atoms with Gasteiger partial charge in [-0.25, -0.2) is 0 Å². The van der Waals surface area contributed by atoms with Gasteiger partial charge in [-0.2, -0.15) is 0 Å². The molecule has 0 unspecified atom stereocenters. The van der Waals surface area contributed by atoms with Gasteiger partial charge in [0.25, 0.3) is 5.69 Å². The molecule has 0 atom stereocenters. The molecule has 9 nitrogen and oxygen atoms in total. The van der Waals surface area contributed by atoms with E-state index in [4.69, 9.17) is 23.2 Å². The van der Waals surface area contributed by atoms with Crippen molar-refractivity contribution >= 4 is 57.7 Å². The molecule has 1 aliphatic rings. The van der Waals surface area contributed by atoms with Gasteiger partial charge in [0.05, 0.1) is 33.2 Å². The number of rotatable bonds is 4. The number of hydrogen-bond acceptors (Lipinski definition) is 7. The summed E-state index contributed by atoms with van der Waals surface area (Å²) in [6.45, 7) is 0.384. The molecule has 1 aliphatic heterocycles. The third-order valence-electron chi connectivity index (χ3n) is 3.53. The summed E-state index contributed by atoms with van der Waals surface area (Å²) in [7, 11) is 0. The minimum Gasteiger partial charge on any atom is -0.378 e. The fourth-order valence-electron chi connectivity index (χ4n) is 2.34. The van der Waals surface area contributed by atoms with Crippen LogP contribution in [0.1, 0.15) is 5.56 Å². The van der Waals surface area contributed by atoms with E-state index in [2.05, 4.69) is 15.5 Å². The number of nitro benzene ring substituents is 2. The van der Waals surface area contributed by atoms with Crippen LogP contribution in [0.2, 0.25) is 5.02 Å². The van der Waals surface area contributed by atoms with Gasteiger partial charge in [0.15, 0.2) is 5.69 Å². The molecule has 0 aromatic heterocycles. The Kier molecular flexibility index (Phi) is 4.83. The van der Waals surface area contributed by atoms with Crippen LogP contribution in [-0.2, 0) is 0 Å². The summed E-state index contributed by atoms with van der Waals surface area (Å²) in [6, 6.07) is 6.46. The molecule has 0 fully saturated rings. The zero-order chi connectivity index (χ0) is 18.8. The Morgan fingerprint density at radius 3 is 2.50 bits per heavy atom. The zero-order valence-electron chi connectivity index (χ0n) is 12.8. The van der Waals surface area contributed by atoms with E-state index in [1.165, 1.54) is 0 Å². The van der Waals surface area contributed by atoms with E-state index in [1.54, 1.807) is 18.2 Å². The van der Waals surface area contributed by atoms with E-state index < -0.39 is 21.2 Å². The van der Waals surface area contributed by atoms with Gasteiger partial charge >= 0.3 is 5.69 Å². The molecule has 0 amide bonds. The number of nitro groups is 2. The van der Waals surface area contributed by atoms with Gasteiger partial charge in [-0.3, -0.25) is 20.2 Å². The summed E-state index contributed by atoms with van der Waals surface area (Å²) in [6.07, 6.45) is 1.75. The van der Waals surface area contributed by atoms with Crippen LogP contribution in [0, 0.1) is 20.2 Å². The Labute approximate surface area is 156 Å². The Balaban J connectivity index is 2.05. The SMILES string of the molecule is O=[N+]([O-])c1ccc(N=Nc2c(Cl)ccc3c2NCC(Cl)=C3)c([N+](=O)[O-])c1. The fraction of sp³-hybridized carbons (Fsp3) is 0.0667. The highest BCUT2D eigenvalue weighted by molar-refractivity contribution is 6.34. The van der Waals surface area contributed by atoms with Crippen LogP contribution in [0.3, 0.4) is 0 Å². The smallest absolute Gasteiger partial charge is 0.303 e. The van der Waals surface area contributed by atoms with E-state index in [-0.39, 0.29) is 16.4 Å². The fourth-order valence-corrected chi connectivity index (χ4v) is 2.72. The highest BCUT2D eigenvalue weighted by Crippen LogP contribution is 2.41. The molecular weight excluding hydrogens is 385 g/mol. The topological polar surface area (TPSA) is 123 Å². The lowest BCUT2D eigenvalue weighted by molar-refractivity contribution is -0.393. The molecule has 3 rings (SSSR count). The second-order valence-electron chi connectivity index (χ2n) is 5.19. The molecule has 0 radical (unpaired) electrons. The second kappa shape index (κ2) is 7.06. The zero-order valence-corrected chi connectivity index (χ0v) is 14.4. The first kappa shape index (κ1) is 17.8. The molecule has 0 saturated heterocycles. The van der Waals surface area contributed by atoms with Crippen LogP contribution >= 0.6 is 23.2 Å². The molecule has 0 saturated carbocycles. The summed E-state index contributed by atoms with van der Waals surface area (Å²) in [4.78, 5) is 20.5. The average Bonchev–Trinajstić information content (AvgIpc) is 2.60. The highest BCUT2D eigenvalue weighted by Gasteiger charge is 2.20. The number of nitrogens with zero attached hydrogens (tertiary/aromatic N) is 4. The lowest BCUT2D eigenvalue weighted by Gasteiger charge is -2.17. The number of halogens is 2. The Hall–Kier alpha value is -3.04. The van der Waals surface area contributed by atoms with Crippen LogP contribution < -0.4 is 5.32 Å². The lowest BCUT2D eigenvalue weighted by Crippen LogP contribution is -2.07. The van der Waals surface area contributed by atoms with Crippen LogP contribution in [0.25, 0.3) is 6.08 Å². The van der Waals surface area contributed by atoms with Crippen molar-refractivity contribution in [2.24, 2.45) is 10.2 Å². The van der Waals surface area contributed by atoms with Gasteiger partial charge in [0.1, 0.15) is 5.69 Å². The summed E-state index contributed by atoms with van der Waals surface area (Å²) in [5.74, 6) is 0. The summed E-state index contributed by atoms with van der Waals surface area (Å²) in [5.41, 5.74) is 0.566. The minimum atomic E-state index is -0.760. The van der Waals surface area contributed by atoms with Crippen molar-refractivity contribution in [3.8, 4) is 0 Å². The largest absolute Gasteiger partial charge is 0.378 e. The van der Waals surface area contributed by atoms with Crippen LogP contribution in [0.15, 0.2) is 45.6 Å².